The van der Waals surface area contributed by atoms with Gasteiger partial charge in [0.05, 0.1) is 22.7 Å². The minimum Gasteiger partial charge on any atom is -0.456 e. The van der Waals surface area contributed by atoms with E-state index in [-0.39, 0.29) is 29.5 Å². The number of hydrogen-bond donors (Lipinski definition) is 3. The van der Waals surface area contributed by atoms with Crippen molar-refractivity contribution in [3.63, 3.8) is 0 Å². The number of carbonyl (C=O) groups is 4. The standard InChI is InChI=1S/C21H19ClF3N3O5/c1-12(29)26-14-3-5-15(6-4-14)27-18(30)8-9-20(32)33-11-19(31)28-17-10-13(21(23,24)25)2-7-16(17)22/h2-7,10H,8-9,11H2,1H3,(H,26,29)(H,27,30)(H,28,31). The highest BCUT2D eigenvalue weighted by Crippen LogP contribution is 2.33. The Balaban J connectivity index is 1.76. The first kappa shape index (κ1) is 25.7. The van der Waals surface area contributed by atoms with Crippen LogP contribution in [0, 0.1) is 0 Å². The largest absolute Gasteiger partial charge is 0.456 e. The second-order valence-electron chi connectivity index (χ2n) is 6.71. The van der Waals surface area contributed by atoms with Crippen LogP contribution in [-0.2, 0) is 30.1 Å². The summed E-state index contributed by atoms with van der Waals surface area (Å²) >= 11 is 5.78. The van der Waals surface area contributed by atoms with Crippen molar-refractivity contribution < 1.29 is 37.1 Å². The lowest BCUT2D eigenvalue weighted by molar-refractivity contribution is -0.147. The van der Waals surface area contributed by atoms with E-state index in [0.29, 0.717) is 17.4 Å². The lowest BCUT2D eigenvalue weighted by Crippen LogP contribution is -2.22. The lowest BCUT2D eigenvalue weighted by Gasteiger charge is -2.12. The van der Waals surface area contributed by atoms with E-state index in [2.05, 4.69) is 16.0 Å². The first-order valence-corrected chi connectivity index (χ1v) is 9.81. The number of rotatable bonds is 8. The molecule has 0 unspecified atom stereocenters. The Hall–Kier alpha value is -3.60. The molecule has 0 aliphatic heterocycles. The maximum absolute atomic E-state index is 12.8. The van der Waals surface area contributed by atoms with Crippen LogP contribution in [0.1, 0.15) is 25.3 Å². The second-order valence-corrected chi connectivity index (χ2v) is 7.12. The van der Waals surface area contributed by atoms with E-state index in [1.165, 1.54) is 6.92 Å². The summed E-state index contributed by atoms with van der Waals surface area (Å²) < 4.78 is 43.0. The van der Waals surface area contributed by atoms with Gasteiger partial charge >= 0.3 is 12.1 Å². The van der Waals surface area contributed by atoms with E-state index in [9.17, 15) is 32.3 Å². The van der Waals surface area contributed by atoms with Gasteiger partial charge in [-0.1, -0.05) is 11.6 Å². The molecule has 2 rings (SSSR count). The quantitative estimate of drug-likeness (QED) is 0.484. The molecule has 2 aromatic carbocycles. The van der Waals surface area contributed by atoms with E-state index >= 15 is 0 Å². The smallest absolute Gasteiger partial charge is 0.416 e. The minimum atomic E-state index is -4.62. The third-order valence-corrected chi connectivity index (χ3v) is 4.31. The van der Waals surface area contributed by atoms with Crippen LogP contribution in [0.15, 0.2) is 42.5 Å². The number of alkyl halides is 3. The number of nitrogens with one attached hydrogen (secondary N) is 3. The highest BCUT2D eigenvalue weighted by molar-refractivity contribution is 6.33. The van der Waals surface area contributed by atoms with E-state index < -0.39 is 36.1 Å². The van der Waals surface area contributed by atoms with Crippen LogP contribution in [0.4, 0.5) is 30.2 Å². The highest BCUT2D eigenvalue weighted by Gasteiger charge is 2.31. The molecule has 0 spiro atoms. The molecule has 2 aromatic rings. The van der Waals surface area contributed by atoms with Gasteiger partial charge in [0, 0.05) is 24.7 Å². The van der Waals surface area contributed by atoms with Crippen LogP contribution >= 0.6 is 11.6 Å². The molecular formula is C21H19ClF3N3O5. The van der Waals surface area contributed by atoms with Gasteiger partial charge in [0.15, 0.2) is 6.61 Å². The first-order chi connectivity index (χ1) is 15.4. The third-order valence-electron chi connectivity index (χ3n) is 3.98. The summed E-state index contributed by atoms with van der Waals surface area (Å²) in [6.45, 7) is 0.594. The average Bonchev–Trinajstić information content (AvgIpc) is 2.72. The normalized spacial score (nSPS) is 10.8. The number of hydrogen-bond acceptors (Lipinski definition) is 5. The monoisotopic (exact) mass is 485 g/mol. The molecule has 0 heterocycles. The molecule has 33 heavy (non-hydrogen) atoms. The Bertz CT molecular complexity index is 1040. The second kappa shape index (κ2) is 11.3. The summed E-state index contributed by atoms with van der Waals surface area (Å²) in [7, 11) is 0. The van der Waals surface area contributed by atoms with Gasteiger partial charge < -0.3 is 20.7 Å². The average molecular weight is 486 g/mol. The molecule has 3 N–H and O–H groups in total. The van der Waals surface area contributed by atoms with Gasteiger partial charge in [-0.2, -0.15) is 13.2 Å². The van der Waals surface area contributed by atoms with Crippen LogP contribution in [0.3, 0.4) is 0 Å². The molecule has 3 amide bonds. The molecule has 8 nitrogen and oxygen atoms in total. The van der Waals surface area contributed by atoms with Crippen LogP contribution in [0.25, 0.3) is 0 Å². The summed E-state index contributed by atoms with van der Waals surface area (Å²) in [5.74, 6) is -2.47. The summed E-state index contributed by atoms with van der Waals surface area (Å²) in [4.78, 5) is 46.5. The number of anilines is 3. The summed E-state index contributed by atoms with van der Waals surface area (Å²) in [5.41, 5.74) is -0.292. The van der Waals surface area contributed by atoms with E-state index in [0.717, 1.165) is 12.1 Å². The van der Waals surface area contributed by atoms with Gasteiger partial charge in [0.1, 0.15) is 0 Å². The molecular weight excluding hydrogens is 467 g/mol. The number of halogens is 4. The van der Waals surface area contributed by atoms with Crippen LogP contribution in [0.2, 0.25) is 5.02 Å². The van der Waals surface area contributed by atoms with Gasteiger partial charge in [0.25, 0.3) is 5.91 Å². The molecule has 0 atom stereocenters. The maximum atomic E-state index is 12.8. The van der Waals surface area contributed by atoms with Crippen molar-refractivity contribution in [2.24, 2.45) is 0 Å². The fraction of sp³-hybridized carbons (Fsp3) is 0.238. The summed E-state index contributed by atoms with van der Waals surface area (Å²) in [5, 5.41) is 7.14. The molecule has 0 aliphatic rings. The molecule has 0 aliphatic carbocycles. The lowest BCUT2D eigenvalue weighted by atomic mass is 10.2. The predicted molar refractivity (Wildman–Crippen MR) is 115 cm³/mol. The highest BCUT2D eigenvalue weighted by atomic mass is 35.5. The Morgan fingerprint density at radius 1 is 0.879 bits per heavy atom. The fourth-order valence-corrected chi connectivity index (χ4v) is 2.65. The van der Waals surface area contributed by atoms with Gasteiger partial charge in [0.2, 0.25) is 11.8 Å². The number of carbonyl (C=O) groups excluding carboxylic acids is 4. The molecule has 0 fully saturated rings. The maximum Gasteiger partial charge on any atom is 0.416 e. The number of amides is 3. The van der Waals surface area contributed by atoms with E-state index in [1.54, 1.807) is 24.3 Å². The van der Waals surface area contributed by atoms with Crippen molar-refractivity contribution in [2.45, 2.75) is 25.9 Å². The van der Waals surface area contributed by atoms with Gasteiger partial charge in [-0.05, 0) is 42.5 Å². The summed E-state index contributed by atoms with van der Waals surface area (Å²) in [6, 6.07) is 8.70. The predicted octanol–water partition coefficient (Wildman–Crippen LogP) is 4.22. The third kappa shape index (κ3) is 8.81. The van der Waals surface area contributed by atoms with Crippen LogP contribution in [0.5, 0.6) is 0 Å². The van der Waals surface area contributed by atoms with E-state index in [1.807, 2.05) is 0 Å². The molecule has 176 valence electrons. The molecule has 0 bridgehead atoms. The zero-order valence-corrected chi connectivity index (χ0v) is 18.0. The fourth-order valence-electron chi connectivity index (χ4n) is 2.48. The van der Waals surface area contributed by atoms with Crippen molar-refractivity contribution in [3.8, 4) is 0 Å². The van der Waals surface area contributed by atoms with Crippen LogP contribution < -0.4 is 16.0 Å². The Labute approximate surface area is 191 Å². The Morgan fingerprint density at radius 2 is 1.48 bits per heavy atom. The van der Waals surface area contributed by atoms with Crippen molar-refractivity contribution in [3.05, 3.63) is 53.1 Å². The van der Waals surface area contributed by atoms with E-state index in [4.69, 9.17) is 16.3 Å². The molecule has 0 saturated heterocycles. The molecule has 0 radical (unpaired) electrons. The van der Waals surface area contributed by atoms with Crippen molar-refractivity contribution >= 4 is 52.4 Å². The number of ether oxygens (including phenoxy) is 1. The SMILES string of the molecule is CC(=O)Nc1ccc(NC(=O)CCC(=O)OCC(=O)Nc2cc(C(F)(F)F)ccc2Cl)cc1. The first-order valence-electron chi connectivity index (χ1n) is 9.44. The molecule has 0 saturated carbocycles. The zero-order chi connectivity index (χ0) is 24.6. The number of benzene rings is 2. The molecule has 0 aromatic heterocycles. The zero-order valence-electron chi connectivity index (χ0n) is 17.2. The van der Waals surface area contributed by atoms with Crippen LogP contribution in [-0.4, -0.2) is 30.3 Å². The van der Waals surface area contributed by atoms with Crippen molar-refractivity contribution in [2.75, 3.05) is 22.6 Å². The Kier molecular flexibility index (Phi) is 8.80. The van der Waals surface area contributed by atoms with Gasteiger partial charge in [-0.25, -0.2) is 0 Å². The minimum absolute atomic E-state index is 0.121. The molecule has 12 heteroatoms. The van der Waals surface area contributed by atoms with Crippen molar-refractivity contribution in [1.82, 2.24) is 0 Å². The Morgan fingerprint density at radius 3 is 2.06 bits per heavy atom. The number of esters is 1. The topological polar surface area (TPSA) is 114 Å². The van der Waals surface area contributed by atoms with Gasteiger partial charge in [-0.3, -0.25) is 19.2 Å². The summed E-state index contributed by atoms with van der Waals surface area (Å²) in [6.07, 6.45) is -5.18. The van der Waals surface area contributed by atoms with Gasteiger partial charge in [-0.15, -0.1) is 0 Å². The van der Waals surface area contributed by atoms with Crippen molar-refractivity contribution in [1.29, 1.82) is 0 Å².